The molecule has 0 spiro atoms. The standard InChI is InChI=1S/C13H22N2OS/c1-9-14-10(7-17-9)11(16)15-13(5,6)8-12(2,3)4/h7H,8H2,1-6H3,(H,15,16). The van der Waals surface area contributed by atoms with Crippen molar-refractivity contribution in [3.05, 3.63) is 16.1 Å². The van der Waals surface area contributed by atoms with Crippen LogP contribution in [-0.4, -0.2) is 16.4 Å². The van der Waals surface area contributed by atoms with Crippen LogP contribution in [-0.2, 0) is 0 Å². The van der Waals surface area contributed by atoms with Crippen LogP contribution in [0.2, 0.25) is 0 Å². The molecular formula is C13H22N2OS. The monoisotopic (exact) mass is 254 g/mol. The second kappa shape index (κ2) is 4.77. The Labute approximate surface area is 108 Å². The Bertz CT molecular complexity index is 402. The van der Waals surface area contributed by atoms with Gasteiger partial charge < -0.3 is 5.32 Å². The van der Waals surface area contributed by atoms with Gasteiger partial charge in [-0.1, -0.05) is 20.8 Å². The van der Waals surface area contributed by atoms with Crippen LogP contribution in [0.5, 0.6) is 0 Å². The molecule has 96 valence electrons. The number of thiazole rings is 1. The van der Waals surface area contributed by atoms with E-state index in [1.165, 1.54) is 11.3 Å². The van der Waals surface area contributed by atoms with E-state index in [1.807, 2.05) is 6.92 Å². The molecule has 0 saturated heterocycles. The lowest BCUT2D eigenvalue weighted by molar-refractivity contribution is 0.0887. The highest BCUT2D eigenvalue weighted by Crippen LogP contribution is 2.27. The lowest BCUT2D eigenvalue weighted by atomic mass is 9.82. The van der Waals surface area contributed by atoms with E-state index in [-0.39, 0.29) is 16.9 Å². The number of carbonyl (C=O) groups excluding carboxylic acids is 1. The summed E-state index contributed by atoms with van der Waals surface area (Å²) in [5.74, 6) is -0.0800. The highest BCUT2D eigenvalue weighted by Gasteiger charge is 2.27. The Balaban J connectivity index is 2.68. The fourth-order valence-corrected chi connectivity index (χ4v) is 2.80. The fraction of sp³-hybridized carbons (Fsp3) is 0.692. The van der Waals surface area contributed by atoms with E-state index in [2.05, 4.69) is 44.9 Å². The molecule has 17 heavy (non-hydrogen) atoms. The van der Waals surface area contributed by atoms with E-state index in [0.717, 1.165) is 11.4 Å². The van der Waals surface area contributed by atoms with Gasteiger partial charge in [-0.25, -0.2) is 4.98 Å². The Morgan fingerprint density at radius 3 is 2.35 bits per heavy atom. The highest BCUT2D eigenvalue weighted by atomic mass is 32.1. The number of hydrogen-bond donors (Lipinski definition) is 1. The molecule has 1 aromatic heterocycles. The molecule has 0 bridgehead atoms. The van der Waals surface area contributed by atoms with Gasteiger partial charge >= 0.3 is 0 Å². The molecule has 0 aliphatic carbocycles. The zero-order chi connectivity index (χ0) is 13.3. The van der Waals surface area contributed by atoms with Crippen molar-refractivity contribution in [3.63, 3.8) is 0 Å². The van der Waals surface area contributed by atoms with Crippen LogP contribution in [0, 0.1) is 12.3 Å². The number of amides is 1. The summed E-state index contributed by atoms with van der Waals surface area (Å²) < 4.78 is 0. The molecule has 3 nitrogen and oxygen atoms in total. The van der Waals surface area contributed by atoms with Gasteiger partial charge in [-0.15, -0.1) is 11.3 Å². The number of hydrogen-bond acceptors (Lipinski definition) is 3. The lowest BCUT2D eigenvalue weighted by Crippen LogP contribution is -2.45. The van der Waals surface area contributed by atoms with Gasteiger partial charge in [0.05, 0.1) is 5.01 Å². The molecule has 0 aliphatic heterocycles. The molecule has 0 unspecified atom stereocenters. The van der Waals surface area contributed by atoms with Gasteiger partial charge in [-0.05, 0) is 32.6 Å². The van der Waals surface area contributed by atoms with E-state index < -0.39 is 0 Å². The first kappa shape index (κ1) is 14.2. The van der Waals surface area contributed by atoms with Gasteiger partial charge in [-0.2, -0.15) is 0 Å². The second-order valence-corrected chi connectivity index (χ2v) is 7.39. The van der Waals surface area contributed by atoms with Gasteiger partial charge in [0.25, 0.3) is 5.91 Å². The van der Waals surface area contributed by atoms with Crippen molar-refractivity contribution in [3.8, 4) is 0 Å². The zero-order valence-electron chi connectivity index (χ0n) is 11.5. The van der Waals surface area contributed by atoms with Crippen molar-refractivity contribution < 1.29 is 4.79 Å². The highest BCUT2D eigenvalue weighted by molar-refractivity contribution is 7.09. The quantitative estimate of drug-likeness (QED) is 0.898. The topological polar surface area (TPSA) is 42.0 Å². The molecule has 1 amide bonds. The molecule has 0 aliphatic rings. The number of aryl methyl sites for hydroxylation is 1. The molecule has 0 saturated carbocycles. The van der Waals surface area contributed by atoms with Crippen LogP contribution in [0.25, 0.3) is 0 Å². The lowest BCUT2D eigenvalue weighted by Gasteiger charge is -2.33. The van der Waals surface area contributed by atoms with Crippen molar-refractivity contribution in [2.75, 3.05) is 0 Å². The molecule has 0 atom stereocenters. The molecule has 1 aromatic rings. The number of rotatable bonds is 3. The third-order valence-electron chi connectivity index (χ3n) is 2.28. The van der Waals surface area contributed by atoms with E-state index >= 15 is 0 Å². The summed E-state index contributed by atoms with van der Waals surface area (Å²) in [6.45, 7) is 12.5. The van der Waals surface area contributed by atoms with Gasteiger partial charge in [-0.3, -0.25) is 4.79 Å². The predicted octanol–water partition coefficient (Wildman–Crippen LogP) is 3.40. The van der Waals surface area contributed by atoms with Crippen LogP contribution < -0.4 is 5.32 Å². The van der Waals surface area contributed by atoms with Crippen molar-refractivity contribution in [2.24, 2.45) is 5.41 Å². The second-order valence-electron chi connectivity index (χ2n) is 6.33. The Kier molecular flexibility index (Phi) is 3.97. The Morgan fingerprint density at radius 2 is 1.94 bits per heavy atom. The fourth-order valence-electron chi connectivity index (χ4n) is 2.21. The molecule has 0 fully saturated rings. The first-order valence-electron chi connectivity index (χ1n) is 5.84. The minimum absolute atomic E-state index is 0.0800. The third-order valence-corrected chi connectivity index (χ3v) is 3.05. The van der Waals surface area contributed by atoms with Crippen LogP contribution in [0.3, 0.4) is 0 Å². The Hall–Kier alpha value is -0.900. The van der Waals surface area contributed by atoms with E-state index in [0.29, 0.717) is 5.69 Å². The van der Waals surface area contributed by atoms with Crippen LogP contribution in [0.1, 0.15) is 56.5 Å². The smallest absolute Gasteiger partial charge is 0.271 e. The minimum atomic E-state index is -0.215. The largest absolute Gasteiger partial charge is 0.346 e. The van der Waals surface area contributed by atoms with Gasteiger partial charge in [0, 0.05) is 10.9 Å². The molecule has 4 heteroatoms. The van der Waals surface area contributed by atoms with Crippen LogP contribution in [0.4, 0.5) is 0 Å². The summed E-state index contributed by atoms with van der Waals surface area (Å²) in [4.78, 5) is 16.2. The third kappa shape index (κ3) is 4.86. The zero-order valence-corrected chi connectivity index (χ0v) is 12.4. The molecule has 1 heterocycles. The molecule has 0 aromatic carbocycles. The molecule has 0 radical (unpaired) electrons. The maximum Gasteiger partial charge on any atom is 0.271 e. The van der Waals surface area contributed by atoms with Crippen molar-refractivity contribution in [2.45, 2.75) is 53.5 Å². The summed E-state index contributed by atoms with van der Waals surface area (Å²) >= 11 is 1.50. The van der Waals surface area contributed by atoms with Gasteiger partial charge in [0.15, 0.2) is 0 Å². The van der Waals surface area contributed by atoms with Crippen molar-refractivity contribution in [1.29, 1.82) is 0 Å². The maximum absolute atomic E-state index is 12.0. The number of aromatic nitrogens is 1. The van der Waals surface area contributed by atoms with Gasteiger partial charge in [0.1, 0.15) is 5.69 Å². The average Bonchev–Trinajstić information content (AvgIpc) is 2.45. The summed E-state index contributed by atoms with van der Waals surface area (Å²) in [6.07, 6.45) is 0.925. The van der Waals surface area contributed by atoms with Crippen molar-refractivity contribution in [1.82, 2.24) is 10.3 Å². The number of nitrogens with zero attached hydrogens (tertiary/aromatic N) is 1. The van der Waals surface area contributed by atoms with Gasteiger partial charge in [0.2, 0.25) is 0 Å². The van der Waals surface area contributed by atoms with Crippen LogP contribution in [0.15, 0.2) is 5.38 Å². The summed E-state index contributed by atoms with van der Waals surface area (Å²) in [7, 11) is 0. The van der Waals surface area contributed by atoms with E-state index in [1.54, 1.807) is 5.38 Å². The first-order chi connectivity index (χ1) is 7.59. The summed E-state index contributed by atoms with van der Waals surface area (Å²) in [5.41, 5.74) is 0.497. The molecular weight excluding hydrogens is 232 g/mol. The molecule has 1 N–H and O–H groups in total. The molecule has 1 rings (SSSR count). The van der Waals surface area contributed by atoms with E-state index in [9.17, 15) is 4.79 Å². The predicted molar refractivity (Wildman–Crippen MR) is 72.5 cm³/mol. The Morgan fingerprint density at radius 1 is 1.35 bits per heavy atom. The number of carbonyl (C=O) groups is 1. The first-order valence-corrected chi connectivity index (χ1v) is 6.72. The maximum atomic E-state index is 12.0. The number of nitrogens with one attached hydrogen (secondary N) is 1. The van der Waals surface area contributed by atoms with Crippen molar-refractivity contribution >= 4 is 17.2 Å². The summed E-state index contributed by atoms with van der Waals surface area (Å²) in [6, 6.07) is 0. The van der Waals surface area contributed by atoms with E-state index in [4.69, 9.17) is 0 Å². The normalized spacial score (nSPS) is 12.6. The minimum Gasteiger partial charge on any atom is -0.346 e. The summed E-state index contributed by atoms with van der Waals surface area (Å²) in [5, 5.41) is 5.77. The average molecular weight is 254 g/mol. The SMILES string of the molecule is Cc1nc(C(=O)NC(C)(C)CC(C)(C)C)cs1. The van der Waals surface area contributed by atoms with Crippen LogP contribution >= 0.6 is 11.3 Å².